The normalized spacial score (nSPS) is 20.8. The van der Waals surface area contributed by atoms with Gasteiger partial charge in [-0.25, -0.2) is 0 Å². The van der Waals surface area contributed by atoms with Gasteiger partial charge in [0.1, 0.15) is 0 Å². The smallest absolute Gasteiger partial charge is 0.00866 e. The average Bonchev–Trinajstić information content (AvgIpc) is 2.57. The fraction of sp³-hybridized carbons (Fsp3) is 0.294. The predicted molar refractivity (Wildman–Crippen MR) is 75.0 cm³/mol. The Hall–Kier alpha value is -1.56. The minimum Gasteiger partial charge on any atom is -0.0779 e. The van der Waals surface area contributed by atoms with Crippen molar-refractivity contribution in [3.05, 3.63) is 71.8 Å². The molecule has 0 amide bonds. The molecule has 0 aromatic heterocycles. The highest BCUT2D eigenvalue weighted by Crippen LogP contribution is 2.29. The SMILES string of the molecule is CC[C@H](C1=CC=CC(C)C=C1)c1ccccc1. The first-order valence-corrected chi connectivity index (χ1v) is 6.42. The van der Waals surface area contributed by atoms with Crippen LogP contribution in [0.25, 0.3) is 0 Å². The molecule has 1 aromatic rings. The number of allylic oxidation sites excluding steroid dienone is 6. The Morgan fingerprint density at radius 3 is 2.59 bits per heavy atom. The lowest BCUT2D eigenvalue weighted by atomic mass is 9.88. The van der Waals surface area contributed by atoms with Crippen molar-refractivity contribution in [3.8, 4) is 0 Å². The lowest BCUT2D eigenvalue weighted by Gasteiger charge is -2.16. The average molecular weight is 224 g/mol. The Labute approximate surface area is 104 Å². The van der Waals surface area contributed by atoms with Gasteiger partial charge in [0.15, 0.2) is 0 Å². The maximum absolute atomic E-state index is 2.28. The lowest BCUT2D eigenvalue weighted by molar-refractivity contribution is 0.775. The van der Waals surface area contributed by atoms with Gasteiger partial charge >= 0.3 is 0 Å². The Bertz CT molecular complexity index is 434. The van der Waals surface area contributed by atoms with Crippen molar-refractivity contribution in [2.45, 2.75) is 26.2 Å². The van der Waals surface area contributed by atoms with Gasteiger partial charge in [0, 0.05) is 5.92 Å². The molecule has 0 radical (unpaired) electrons. The van der Waals surface area contributed by atoms with Crippen LogP contribution in [0, 0.1) is 5.92 Å². The summed E-state index contributed by atoms with van der Waals surface area (Å²) in [6, 6.07) is 10.8. The summed E-state index contributed by atoms with van der Waals surface area (Å²) in [5, 5.41) is 0. The van der Waals surface area contributed by atoms with Gasteiger partial charge in [-0.15, -0.1) is 0 Å². The second-order valence-electron chi connectivity index (χ2n) is 4.64. The van der Waals surface area contributed by atoms with E-state index in [-0.39, 0.29) is 0 Å². The first-order valence-electron chi connectivity index (χ1n) is 6.42. The molecule has 88 valence electrons. The van der Waals surface area contributed by atoms with E-state index in [0.717, 1.165) is 6.42 Å². The molecule has 2 rings (SSSR count). The molecule has 17 heavy (non-hydrogen) atoms. The minimum absolute atomic E-state index is 0.516. The van der Waals surface area contributed by atoms with Crippen molar-refractivity contribution in [2.24, 2.45) is 5.92 Å². The van der Waals surface area contributed by atoms with Gasteiger partial charge in [-0.1, -0.05) is 74.6 Å². The first kappa shape index (κ1) is 11.9. The van der Waals surface area contributed by atoms with E-state index in [4.69, 9.17) is 0 Å². The molecule has 1 aromatic carbocycles. The quantitative estimate of drug-likeness (QED) is 0.687. The van der Waals surface area contributed by atoms with Crippen LogP contribution < -0.4 is 0 Å². The molecule has 0 saturated carbocycles. The highest BCUT2D eigenvalue weighted by atomic mass is 14.2. The van der Waals surface area contributed by atoms with Crippen LogP contribution >= 0.6 is 0 Å². The predicted octanol–water partition coefficient (Wildman–Crippen LogP) is 4.87. The summed E-state index contributed by atoms with van der Waals surface area (Å²) in [6.07, 6.45) is 12.4. The van der Waals surface area contributed by atoms with Gasteiger partial charge in [-0.3, -0.25) is 0 Å². The van der Waals surface area contributed by atoms with Crippen LogP contribution in [-0.2, 0) is 0 Å². The zero-order valence-corrected chi connectivity index (χ0v) is 10.6. The molecule has 1 aliphatic carbocycles. The molecule has 0 aliphatic heterocycles. The highest BCUT2D eigenvalue weighted by Gasteiger charge is 2.12. The van der Waals surface area contributed by atoms with E-state index < -0.39 is 0 Å². The zero-order valence-electron chi connectivity index (χ0n) is 10.6. The summed E-state index contributed by atoms with van der Waals surface area (Å²) in [4.78, 5) is 0. The van der Waals surface area contributed by atoms with Crippen LogP contribution in [0.3, 0.4) is 0 Å². The van der Waals surface area contributed by atoms with E-state index in [1.165, 1.54) is 11.1 Å². The molecule has 0 bridgehead atoms. The molecule has 0 heterocycles. The monoisotopic (exact) mass is 224 g/mol. The molecular formula is C17H20. The fourth-order valence-corrected chi connectivity index (χ4v) is 2.31. The van der Waals surface area contributed by atoms with Gasteiger partial charge in [-0.05, 0) is 23.5 Å². The van der Waals surface area contributed by atoms with Crippen molar-refractivity contribution < 1.29 is 0 Å². The van der Waals surface area contributed by atoms with Gasteiger partial charge in [0.25, 0.3) is 0 Å². The van der Waals surface area contributed by atoms with E-state index in [2.05, 4.69) is 74.6 Å². The highest BCUT2D eigenvalue weighted by molar-refractivity contribution is 5.38. The number of hydrogen-bond donors (Lipinski definition) is 0. The van der Waals surface area contributed by atoms with Crippen LogP contribution in [0.2, 0.25) is 0 Å². The van der Waals surface area contributed by atoms with E-state index >= 15 is 0 Å². The van der Waals surface area contributed by atoms with Crippen molar-refractivity contribution in [2.75, 3.05) is 0 Å². The van der Waals surface area contributed by atoms with Gasteiger partial charge in [0.05, 0.1) is 0 Å². The third-order valence-electron chi connectivity index (χ3n) is 3.31. The topological polar surface area (TPSA) is 0 Å². The van der Waals surface area contributed by atoms with Crippen LogP contribution in [0.15, 0.2) is 66.3 Å². The van der Waals surface area contributed by atoms with Crippen molar-refractivity contribution in [1.29, 1.82) is 0 Å². The second-order valence-corrected chi connectivity index (χ2v) is 4.64. The maximum Gasteiger partial charge on any atom is 0.00866 e. The zero-order chi connectivity index (χ0) is 12.1. The minimum atomic E-state index is 0.516. The van der Waals surface area contributed by atoms with Crippen LogP contribution in [0.4, 0.5) is 0 Å². The summed E-state index contributed by atoms with van der Waals surface area (Å²) in [5.74, 6) is 1.06. The van der Waals surface area contributed by atoms with Crippen molar-refractivity contribution >= 4 is 0 Å². The molecule has 0 nitrogen and oxygen atoms in total. The number of rotatable bonds is 3. The van der Waals surface area contributed by atoms with Gasteiger partial charge in [-0.2, -0.15) is 0 Å². The Morgan fingerprint density at radius 2 is 1.88 bits per heavy atom. The van der Waals surface area contributed by atoms with Crippen LogP contribution in [-0.4, -0.2) is 0 Å². The summed E-state index contributed by atoms with van der Waals surface area (Å²) in [7, 11) is 0. The number of benzene rings is 1. The lowest BCUT2D eigenvalue weighted by Crippen LogP contribution is -1.99. The Morgan fingerprint density at radius 1 is 1.12 bits per heavy atom. The molecule has 0 saturated heterocycles. The van der Waals surface area contributed by atoms with Crippen molar-refractivity contribution in [1.82, 2.24) is 0 Å². The fourth-order valence-electron chi connectivity index (χ4n) is 2.31. The molecule has 2 atom stereocenters. The molecule has 1 unspecified atom stereocenters. The third-order valence-corrected chi connectivity index (χ3v) is 3.31. The molecule has 1 aliphatic rings. The van der Waals surface area contributed by atoms with Crippen LogP contribution in [0.5, 0.6) is 0 Å². The Kier molecular flexibility index (Phi) is 3.98. The van der Waals surface area contributed by atoms with E-state index in [1.807, 2.05) is 0 Å². The first-order chi connectivity index (χ1) is 8.31. The third kappa shape index (κ3) is 2.97. The molecular weight excluding hydrogens is 204 g/mol. The molecule has 0 spiro atoms. The summed E-state index contributed by atoms with van der Waals surface area (Å²) in [6.45, 7) is 4.47. The largest absolute Gasteiger partial charge is 0.0779 e. The summed E-state index contributed by atoms with van der Waals surface area (Å²) in [5.41, 5.74) is 2.83. The van der Waals surface area contributed by atoms with E-state index in [9.17, 15) is 0 Å². The van der Waals surface area contributed by atoms with E-state index in [0.29, 0.717) is 11.8 Å². The Balaban J connectivity index is 2.28. The summed E-state index contributed by atoms with van der Waals surface area (Å²) >= 11 is 0. The van der Waals surface area contributed by atoms with Gasteiger partial charge in [0.2, 0.25) is 0 Å². The van der Waals surface area contributed by atoms with E-state index in [1.54, 1.807) is 0 Å². The van der Waals surface area contributed by atoms with Gasteiger partial charge < -0.3 is 0 Å². The molecule has 0 fully saturated rings. The molecule has 0 N–H and O–H groups in total. The van der Waals surface area contributed by atoms with Crippen LogP contribution in [0.1, 0.15) is 31.7 Å². The summed E-state index contributed by atoms with van der Waals surface area (Å²) < 4.78 is 0. The molecule has 0 heteroatoms. The maximum atomic E-state index is 2.28. The van der Waals surface area contributed by atoms with Crippen molar-refractivity contribution in [3.63, 3.8) is 0 Å². The standard InChI is InChI=1S/C17H20/c1-3-17(15-9-5-4-6-10-15)16-11-7-8-14(2)12-13-16/h4-14,17H,3H2,1-2H3/t14?,17-/m0/s1. The second kappa shape index (κ2) is 5.67. The number of hydrogen-bond acceptors (Lipinski definition) is 0.